The summed E-state index contributed by atoms with van der Waals surface area (Å²) in [6.07, 6.45) is 3.60. The van der Waals surface area contributed by atoms with Crippen molar-refractivity contribution in [2.45, 2.75) is 19.4 Å². The van der Waals surface area contributed by atoms with Crippen LogP contribution in [0.4, 0.5) is 4.39 Å². The summed E-state index contributed by atoms with van der Waals surface area (Å²) in [6.45, 7) is 3.76. The van der Waals surface area contributed by atoms with Crippen LogP contribution in [0, 0.1) is 11.7 Å². The van der Waals surface area contributed by atoms with E-state index >= 15 is 0 Å². The van der Waals surface area contributed by atoms with Gasteiger partial charge < -0.3 is 5.32 Å². The normalized spacial score (nSPS) is 16.8. The zero-order chi connectivity index (χ0) is 20.1. The van der Waals surface area contributed by atoms with Crippen LogP contribution in [-0.2, 0) is 6.54 Å². The first kappa shape index (κ1) is 19.3. The molecule has 2 N–H and O–H groups in total. The van der Waals surface area contributed by atoms with E-state index in [0.717, 1.165) is 32.5 Å². The van der Waals surface area contributed by atoms with Crippen LogP contribution in [0.5, 0.6) is 0 Å². The van der Waals surface area contributed by atoms with Gasteiger partial charge in [0.15, 0.2) is 0 Å². The van der Waals surface area contributed by atoms with E-state index in [4.69, 9.17) is 0 Å². The van der Waals surface area contributed by atoms with E-state index in [1.54, 1.807) is 12.1 Å². The van der Waals surface area contributed by atoms with E-state index in [-0.39, 0.29) is 11.7 Å². The minimum Gasteiger partial charge on any atom is -0.352 e. The summed E-state index contributed by atoms with van der Waals surface area (Å²) < 4.78 is 13.5. The molecule has 1 aliphatic rings. The zero-order valence-corrected chi connectivity index (χ0v) is 16.3. The van der Waals surface area contributed by atoms with Gasteiger partial charge in [0.2, 0.25) is 0 Å². The average molecular weight is 392 g/mol. The van der Waals surface area contributed by atoms with Gasteiger partial charge in [0.25, 0.3) is 5.91 Å². The first-order valence-electron chi connectivity index (χ1n) is 10.0. The van der Waals surface area contributed by atoms with E-state index in [2.05, 4.69) is 44.7 Å². The smallest absolute Gasteiger partial charge is 0.255 e. The van der Waals surface area contributed by atoms with Crippen molar-refractivity contribution < 1.29 is 9.18 Å². The highest BCUT2D eigenvalue weighted by atomic mass is 19.1. The largest absolute Gasteiger partial charge is 0.352 e. The fourth-order valence-corrected chi connectivity index (χ4v) is 3.94. The van der Waals surface area contributed by atoms with Gasteiger partial charge in [0, 0.05) is 25.2 Å². The summed E-state index contributed by atoms with van der Waals surface area (Å²) in [5, 5.41) is 9.77. The molecule has 3 aromatic rings. The molecule has 29 heavy (non-hydrogen) atoms. The number of halogens is 1. The number of aromatic nitrogens is 2. The third-order valence-electron chi connectivity index (χ3n) is 5.45. The van der Waals surface area contributed by atoms with Crippen LogP contribution >= 0.6 is 0 Å². The van der Waals surface area contributed by atoms with Gasteiger partial charge in [-0.3, -0.25) is 14.8 Å². The van der Waals surface area contributed by atoms with Crippen LogP contribution in [0.1, 0.15) is 28.8 Å². The minimum atomic E-state index is -0.343. The molecule has 2 aromatic carbocycles. The first-order chi connectivity index (χ1) is 14.2. The Hall–Kier alpha value is -2.99. The lowest BCUT2D eigenvalue weighted by Crippen LogP contribution is -2.27. The number of rotatable bonds is 7. The third kappa shape index (κ3) is 4.90. The van der Waals surface area contributed by atoms with Gasteiger partial charge in [-0.2, -0.15) is 5.10 Å². The van der Waals surface area contributed by atoms with Crippen LogP contribution in [0.25, 0.3) is 11.3 Å². The first-order valence-corrected chi connectivity index (χ1v) is 10.0. The van der Waals surface area contributed by atoms with Crippen molar-refractivity contribution in [1.82, 2.24) is 20.4 Å². The van der Waals surface area contributed by atoms with Crippen molar-refractivity contribution in [3.8, 4) is 11.3 Å². The Labute approximate surface area is 169 Å². The van der Waals surface area contributed by atoms with Crippen molar-refractivity contribution in [1.29, 1.82) is 0 Å². The summed E-state index contributed by atoms with van der Waals surface area (Å²) in [7, 11) is 0. The average Bonchev–Trinajstić information content (AvgIpc) is 3.38. The predicted molar refractivity (Wildman–Crippen MR) is 111 cm³/mol. The molecule has 0 radical (unpaired) electrons. The Morgan fingerprint density at radius 2 is 2.07 bits per heavy atom. The van der Waals surface area contributed by atoms with Gasteiger partial charge in [-0.15, -0.1) is 0 Å². The summed E-state index contributed by atoms with van der Waals surface area (Å²) in [4.78, 5) is 15.1. The van der Waals surface area contributed by atoms with Crippen molar-refractivity contribution in [3.63, 3.8) is 0 Å². The highest BCUT2D eigenvalue weighted by molar-refractivity contribution is 5.99. The SMILES string of the molecule is O=C(NCC[C@H]1CCN(Cc2ccccc2)C1)c1cn[nH]c1-c1cccc(F)c1. The van der Waals surface area contributed by atoms with Crippen LogP contribution in [0.2, 0.25) is 0 Å². The number of nitrogens with one attached hydrogen (secondary N) is 2. The molecule has 0 bridgehead atoms. The Balaban J connectivity index is 1.27. The molecule has 2 heterocycles. The second-order valence-corrected chi connectivity index (χ2v) is 7.59. The van der Waals surface area contributed by atoms with E-state index in [1.807, 2.05) is 6.07 Å². The Bertz CT molecular complexity index is 956. The Morgan fingerprint density at radius 1 is 1.21 bits per heavy atom. The molecule has 0 aliphatic carbocycles. The van der Waals surface area contributed by atoms with Gasteiger partial charge in [0.05, 0.1) is 17.5 Å². The van der Waals surface area contributed by atoms with Crippen LogP contribution in [0.15, 0.2) is 60.8 Å². The highest BCUT2D eigenvalue weighted by Crippen LogP contribution is 2.23. The molecule has 0 saturated carbocycles. The molecule has 1 atom stereocenters. The van der Waals surface area contributed by atoms with Crippen molar-refractivity contribution in [2.75, 3.05) is 19.6 Å². The summed E-state index contributed by atoms with van der Waals surface area (Å²) in [5.74, 6) is 0.0629. The van der Waals surface area contributed by atoms with E-state index in [0.29, 0.717) is 29.3 Å². The number of nitrogens with zero attached hydrogens (tertiary/aromatic N) is 2. The quantitative estimate of drug-likeness (QED) is 0.642. The van der Waals surface area contributed by atoms with E-state index in [1.165, 1.54) is 23.9 Å². The lowest BCUT2D eigenvalue weighted by molar-refractivity contribution is 0.0952. The highest BCUT2D eigenvalue weighted by Gasteiger charge is 2.22. The number of aromatic amines is 1. The molecule has 5 nitrogen and oxygen atoms in total. The number of hydrogen-bond acceptors (Lipinski definition) is 3. The number of likely N-dealkylation sites (tertiary alicyclic amines) is 1. The third-order valence-corrected chi connectivity index (χ3v) is 5.45. The maximum atomic E-state index is 13.5. The molecular formula is C23H25FN4O. The minimum absolute atomic E-state index is 0.183. The molecule has 6 heteroatoms. The second kappa shape index (κ2) is 9.01. The molecule has 1 aliphatic heterocycles. The zero-order valence-electron chi connectivity index (χ0n) is 16.3. The van der Waals surface area contributed by atoms with E-state index in [9.17, 15) is 9.18 Å². The van der Waals surface area contributed by atoms with Crippen LogP contribution in [-0.4, -0.2) is 40.6 Å². The van der Waals surface area contributed by atoms with Gasteiger partial charge in [-0.05, 0) is 43.0 Å². The van der Waals surface area contributed by atoms with Gasteiger partial charge in [-0.25, -0.2) is 4.39 Å². The van der Waals surface area contributed by atoms with Crippen LogP contribution in [0.3, 0.4) is 0 Å². The molecule has 4 rings (SSSR count). The van der Waals surface area contributed by atoms with Gasteiger partial charge in [0.1, 0.15) is 5.82 Å². The number of H-pyrrole nitrogens is 1. The molecule has 150 valence electrons. The topological polar surface area (TPSA) is 61.0 Å². The van der Waals surface area contributed by atoms with Crippen LogP contribution < -0.4 is 5.32 Å². The number of hydrogen-bond donors (Lipinski definition) is 2. The molecule has 0 spiro atoms. The Morgan fingerprint density at radius 3 is 2.90 bits per heavy atom. The number of benzene rings is 2. The second-order valence-electron chi connectivity index (χ2n) is 7.59. The Kier molecular flexibility index (Phi) is 6.00. The van der Waals surface area contributed by atoms with Gasteiger partial charge >= 0.3 is 0 Å². The fourth-order valence-electron chi connectivity index (χ4n) is 3.94. The lowest BCUT2D eigenvalue weighted by Gasteiger charge is -2.16. The number of carbonyl (C=O) groups is 1. The summed E-state index contributed by atoms with van der Waals surface area (Å²) in [6, 6.07) is 16.7. The predicted octanol–water partition coefficient (Wildman–Crippen LogP) is 3.86. The maximum Gasteiger partial charge on any atom is 0.255 e. The van der Waals surface area contributed by atoms with E-state index < -0.39 is 0 Å². The maximum absolute atomic E-state index is 13.5. The molecule has 0 unspecified atom stereocenters. The monoisotopic (exact) mass is 392 g/mol. The number of carbonyl (C=O) groups excluding carboxylic acids is 1. The molecule has 1 saturated heterocycles. The fraction of sp³-hybridized carbons (Fsp3) is 0.304. The van der Waals surface area contributed by atoms with Crippen molar-refractivity contribution >= 4 is 5.91 Å². The summed E-state index contributed by atoms with van der Waals surface area (Å²) in [5.41, 5.74) is 2.93. The molecule has 1 aromatic heterocycles. The van der Waals surface area contributed by atoms with Gasteiger partial charge in [-0.1, -0.05) is 42.5 Å². The molecule has 1 fully saturated rings. The summed E-state index contributed by atoms with van der Waals surface area (Å²) >= 11 is 0. The molecule has 1 amide bonds. The number of amides is 1. The lowest BCUT2D eigenvalue weighted by atomic mass is 10.0. The van der Waals surface area contributed by atoms with Crippen molar-refractivity contribution in [2.24, 2.45) is 5.92 Å². The molecular weight excluding hydrogens is 367 g/mol. The standard InChI is InChI=1S/C23H25FN4O/c24-20-8-4-7-19(13-20)22-21(14-26-27-22)23(29)25-11-9-18-10-12-28(16-18)15-17-5-2-1-3-6-17/h1-8,13-14,18H,9-12,15-16H2,(H,25,29)(H,26,27)/t18-/m0/s1. The van der Waals surface area contributed by atoms with Crippen molar-refractivity contribution in [3.05, 3.63) is 77.7 Å².